The average molecular weight is 246 g/mol. The first-order chi connectivity index (χ1) is 8.77. The third kappa shape index (κ3) is 3.36. The zero-order valence-corrected chi connectivity index (χ0v) is 10.3. The number of carboxylic acids is 1. The van der Waals surface area contributed by atoms with Crippen molar-refractivity contribution in [3.05, 3.63) is 42.0 Å². The number of carbonyl (C=O) groups is 1. The minimum absolute atomic E-state index is 0.121. The number of rotatable bonds is 3. The predicted molar refractivity (Wildman–Crippen MR) is 70.0 cm³/mol. The van der Waals surface area contributed by atoms with Gasteiger partial charge in [0.15, 0.2) is 0 Å². The molecule has 1 aromatic rings. The molecule has 0 amide bonds. The summed E-state index contributed by atoms with van der Waals surface area (Å²) in [5.41, 5.74) is 0.245. The molecule has 0 saturated carbocycles. The quantitative estimate of drug-likeness (QED) is 0.828. The predicted octanol–water partition coefficient (Wildman–Crippen LogP) is 3.65. The summed E-state index contributed by atoms with van der Waals surface area (Å²) in [6.45, 7) is 0. The molecule has 0 aromatic heterocycles. The van der Waals surface area contributed by atoms with Gasteiger partial charge < -0.3 is 9.84 Å². The normalized spacial score (nSPS) is 19.9. The summed E-state index contributed by atoms with van der Waals surface area (Å²) in [4.78, 5) is 11.1. The van der Waals surface area contributed by atoms with Crippen LogP contribution in [0.25, 0.3) is 0 Å². The van der Waals surface area contributed by atoms with E-state index < -0.39 is 5.97 Å². The van der Waals surface area contributed by atoms with Crippen LogP contribution in [0.5, 0.6) is 5.75 Å². The number of ether oxygens (including phenoxy) is 1. The smallest absolute Gasteiger partial charge is 0.339 e. The highest BCUT2D eigenvalue weighted by molar-refractivity contribution is 5.90. The Balaban J connectivity index is 2.08. The highest BCUT2D eigenvalue weighted by atomic mass is 16.5. The van der Waals surface area contributed by atoms with Crippen molar-refractivity contribution in [2.45, 2.75) is 38.2 Å². The van der Waals surface area contributed by atoms with Gasteiger partial charge in [-0.1, -0.05) is 24.3 Å². The molecule has 0 saturated heterocycles. The van der Waals surface area contributed by atoms with E-state index in [-0.39, 0.29) is 11.7 Å². The Morgan fingerprint density at radius 3 is 2.78 bits per heavy atom. The van der Waals surface area contributed by atoms with Crippen LogP contribution in [-0.2, 0) is 0 Å². The van der Waals surface area contributed by atoms with Crippen molar-refractivity contribution in [2.24, 2.45) is 0 Å². The number of carboxylic acid groups (broad SMARTS) is 1. The van der Waals surface area contributed by atoms with Crippen molar-refractivity contribution in [2.75, 3.05) is 0 Å². The van der Waals surface area contributed by atoms with Crippen LogP contribution in [0, 0.1) is 0 Å². The van der Waals surface area contributed by atoms with Crippen LogP contribution in [0.3, 0.4) is 0 Å². The number of hydrogen-bond acceptors (Lipinski definition) is 2. The lowest BCUT2D eigenvalue weighted by Gasteiger charge is -2.20. The van der Waals surface area contributed by atoms with Crippen LogP contribution < -0.4 is 4.74 Å². The Kier molecular flexibility index (Phi) is 4.40. The van der Waals surface area contributed by atoms with Gasteiger partial charge in [-0.2, -0.15) is 0 Å². The summed E-state index contributed by atoms with van der Waals surface area (Å²) in [6.07, 6.45) is 9.62. The molecule has 1 atom stereocenters. The molecular weight excluding hydrogens is 228 g/mol. The molecule has 0 spiro atoms. The summed E-state index contributed by atoms with van der Waals surface area (Å²) < 4.78 is 5.87. The molecule has 1 aromatic carbocycles. The number of aromatic carboxylic acids is 1. The van der Waals surface area contributed by atoms with Crippen molar-refractivity contribution >= 4 is 5.97 Å². The second-order valence-corrected chi connectivity index (χ2v) is 4.52. The van der Waals surface area contributed by atoms with Gasteiger partial charge in [0.1, 0.15) is 11.3 Å². The molecule has 1 aliphatic rings. The Morgan fingerprint density at radius 2 is 1.94 bits per heavy atom. The molecule has 96 valence electrons. The van der Waals surface area contributed by atoms with Crippen molar-refractivity contribution in [1.29, 1.82) is 0 Å². The first-order valence-electron chi connectivity index (χ1n) is 6.41. The Labute approximate surface area is 107 Å². The maximum atomic E-state index is 11.1. The molecule has 0 heterocycles. The fourth-order valence-electron chi connectivity index (χ4n) is 2.17. The second-order valence-electron chi connectivity index (χ2n) is 4.52. The molecule has 2 rings (SSSR count). The number of allylic oxidation sites excluding steroid dienone is 2. The van der Waals surface area contributed by atoms with Gasteiger partial charge in [0.05, 0.1) is 6.10 Å². The van der Waals surface area contributed by atoms with Crippen molar-refractivity contribution in [1.82, 2.24) is 0 Å². The van der Waals surface area contributed by atoms with Crippen molar-refractivity contribution in [3.8, 4) is 5.75 Å². The molecule has 0 fully saturated rings. The summed E-state index contributed by atoms with van der Waals surface area (Å²) in [7, 11) is 0. The van der Waals surface area contributed by atoms with Crippen LogP contribution in [0.15, 0.2) is 36.4 Å². The first-order valence-corrected chi connectivity index (χ1v) is 6.41. The lowest BCUT2D eigenvalue weighted by Crippen LogP contribution is -2.18. The maximum absolute atomic E-state index is 11.1. The Hall–Kier alpha value is -1.77. The topological polar surface area (TPSA) is 46.5 Å². The third-order valence-corrected chi connectivity index (χ3v) is 3.13. The van der Waals surface area contributed by atoms with Crippen LogP contribution in [0.4, 0.5) is 0 Å². The fraction of sp³-hybridized carbons (Fsp3) is 0.400. The standard InChI is InChI=1S/C15H18O3/c16-15(17)13-10-6-7-11-14(13)18-12-8-4-2-1-3-5-9-12/h1-2,6-7,10-12H,3-5,8-9H2,(H,16,17). The zero-order valence-electron chi connectivity index (χ0n) is 10.3. The molecule has 3 nitrogen and oxygen atoms in total. The van der Waals surface area contributed by atoms with E-state index in [0.717, 1.165) is 32.1 Å². The zero-order chi connectivity index (χ0) is 12.8. The van der Waals surface area contributed by atoms with Gasteiger partial charge in [0.25, 0.3) is 0 Å². The molecule has 1 N–H and O–H groups in total. The van der Waals surface area contributed by atoms with Crippen molar-refractivity contribution in [3.63, 3.8) is 0 Å². The SMILES string of the molecule is O=C(O)c1ccccc1OC1CCC=CCCC1. The fourth-order valence-corrected chi connectivity index (χ4v) is 2.17. The van der Waals surface area contributed by atoms with E-state index in [1.54, 1.807) is 18.2 Å². The first kappa shape index (κ1) is 12.7. The van der Waals surface area contributed by atoms with Crippen LogP contribution in [0.1, 0.15) is 42.5 Å². The van der Waals surface area contributed by atoms with Gasteiger partial charge in [-0.3, -0.25) is 0 Å². The molecular formula is C15H18O3. The molecule has 1 aliphatic carbocycles. The van der Waals surface area contributed by atoms with E-state index in [2.05, 4.69) is 12.2 Å². The van der Waals surface area contributed by atoms with Crippen LogP contribution in [-0.4, -0.2) is 17.2 Å². The molecule has 0 radical (unpaired) electrons. The largest absolute Gasteiger partial charge is 0.490 e. The lowest BCUT2D eigenvalue weighted by atomic mass is 10.0. The number of para-hydroxylation sites is 1. The minimum Gasteiger partial charge on any atom is -0.490 e. The molecule has 3 heteroatoms. The van der Waals surface area contributed by atoms with Crippen LogP contribution >= 0.6 is 0 Å². The van der Waals surface area contributed by atoms with Crippen molar-refractivity contribution < 1.29 is 14.6 Å². The monoisotopic (exact) mass is 246 g/mol. The Morgan fingerprint density at radius 1 is 1.17 bits per heavy atom. The van der Waals surface area contributed by atoms with Gasteiger partial charge >= 0.3 is 5.97 Å². The van der Waals surface area contributed by atoms with E-state index in [1.165, 1.54) is 0 Å². The minimum atomic E-state index is -0.934. The summed E-state index contributed by atoms with van der Waals surface area (Å²) in [6, 6.07) is 6.85. The average Bonchev–Trinajstić information content (AvgIpc) is 2.33. The van der Waals surface area contributed by atoms with E-state index in [0.29, 0.717) is 5.75 Å². The molecule has 0 bridgehead atoms. The lowest BCUT2D eigenvalue weighted by molar-refractivity contribution is 0.0688. The second kappa shape index (κ2) is 6.24. The summed E-state index contributed by atoms with van der Waals surface area (Å²) >= 11 is 0. The molecule has 0 aliphatic heterocycles. The van der Waals surface area contributed by atoms with Gasteiger partial charge in [-0.25, -0.2) is 4.79 Å². The van der Waals surface area contributed by atoms with Crippen LogP contribution in [0.2, 0.25) is 0 Å². The highest BCUT2D eigenvalue weighted by Crippen LogP contribution is 2.23. The van der Waals surface area contributed by atoms with Gasteiger partial charge in [-0.05, 0) is 44.2 Å². The molecule has 1 unspecified atom stereocenters. The number of hydrogen-bond donors (Lipinski definition) is 1. The van der Waals surface area contributed by atoms with Gasteiger partial charge in [0, 0.05) is 0 Å². The highest BCUT2D eigenvalue weighted by Gasteiger charge is 2.15. The van der Waals surface area contributed by atoms with Gasteiger partial charge in [-0.15, -0.1) is 0 Å². The maximum Gasteiger partial charge on any atom is 0.339 e. The summed E-state index contributed by atoms with van der Waals surface area (Å²) in [5.74, 6) is -0.448. The Bertz CT molecular complexity index is 437. The van der Waals surface area contributed by atoms with E-state index in [4.69, 9.17) is 9.84 Å². The third-order valence-electron chi connectivity index (χ3n) is 3.13. The number of benzene rings is 1. The van der Waals surface area contributed by atoms with Gasteiger partial charge in [0.2, 0.25) is 0 Å². The molecule has 18 heavy (non-hydrogen) atoms. The van der Waals surface area contributed by atoms with E-state index in [1.807, 2.05) is 6.07 Å². The van der Waals surface area contributed by atoms with E-state index >= 15 is 0 Å². The summed E-state index contributed by atoms with van der Waals surface area (Å²) in [5, 5.41) is 9.10. The van der Waals surface area contributed by atoms with E-state index in [9.17, 15) is 4.79 Å².